The zero-order valence-electron chi connectivity index (χ0n) is 22.0. The molecule has 2 aromatic carbocycles. The van der Waals surface area contributed by atoms with Gasteiger partial charge in [-0.3, -0.25) is 10.1 Å². The lowest BCUT2D eigenvalue weighted by atomic mass is 10.1. The van der Waals surface area contributed by atoms with Gasteiger partial charge in [0, 0.05) is 51.0 Å². The maximum absolute atomic E-state index is 13.0. The van der Waals surface area contributed by atoms with Gasteiger partial charge in [-0.15, -0.1) is 0 Å². The lowest BCUT2D eigenvalue weighted by Crippen LogP contribution is -2.48. The van der Waals surface area contributed by atoms with E-state index in [1.165, 1.54) is 24.1 Å². The molecule has 38 heavy (non-hydrogen) atoms. The van der Waals surface area contributed by atoms with E-state index in [-0.39, 0.29) is 29.5 Å². The molecule has 0 radical (unpaired) electrons. The SMILES string of the molecule is COc1cc(CCN(Cc2ccc(N3CCN(C(=O)O)CC3)cc2)C(=O)OC(C)(C)C)c(Cl)cc1[N+](=O)[O-]. The third-order valence-electron chi connectivity index (χ3n) is 6.07. The van der Waals surface area contributed by atoms with E-state index in [4.69, 9.17) is 26.2 Å². The van der Waals surface area contributed by atoms with Crippen molar-refractivity contribution in [2.45, 2.75) is 39.3 Å². The fourth-order valence-electron chi connectivity index (χ4n) is 4.09. The molecule has 0 bridgehead atoms. The Labute approximate surface area is 226 Å². The molecule has 3 rings (SSSR count). The molecule has 1 aliphatic heterocycles. The van der Waals surface area contributed by atoms with E-state index in [1.54, 1.807) is 25.7 Å². The summed E-state index contributed by atoms with van der Waals surface area (Å²) in [6.07, 6.45) is -1.06. The Bertz CT molecular complexity index is 1160. The highest BCUT2D eigenvalue weighted by Crippen LogP contribution is 2.33. The minimum absolute atomic E-state index is 0.0954. The fraction of sp³-hybridized carbons (Fsp3) is 0.462. The van der Waals surface area contributed by atoms with Gasteiger partial charge in [-0.25, -0.2) is 9.59 Å². The van der Waals surface area contributed by atoms with E-state index in [0.717, 1.165) is 11.3 Å². The molecule has 1 saturated heterocycles. The van der Waals surface area contributed by atoms with Crippen LogP contribution in [-0.2, 0) is 17.7 Å². The molecule has 2 amide bonds. The van der Waals surface area contributed by atoms with E-state index in [2.05, 4.69) is 4.90 Å². The summed E-state index contributed by atoms with van der Waals surface area (Å²) in [4.78, 5) is 40.0. The van der Waals surface area contributed by atoms with Crippen LogP contribution in [0, 0.1) is 10.1 Å². The number of carboxylic acid groups (broad SMARTS) is 1. The molecular weight excluding hydrogens is 516 g/mol. The van der Waals surface area contributed by atoms with Gasteiger partial charge in [0.15, 0.2) is 5.75 Å². The van der Waals surface area contributed by atoms with Crippen molar-refractivity contribution in [3.05, 3.63) is 62.7 Å². The zero-order chi connectivity index (χ0) is 28.0. The Hall–Kier alpha value is -3.73. The molecular formula is C26H33ClN4O7. The monoisotopic (exact) mass is 548 g/mol. The number of carbonyl (C=O) groups excluding carboxylic acids is 1. The molecule has 206 valence electrons. The predicted octanol–water partition coefficient (Wildman–Crippen LogP) is 5.04. The van der Waals surface area contributed by atoms with Crippen LogP contribution >= 0.6 is 11.6 Å². The molecule has 11 nitrogen and oxygen atoms in total. The quantitative estimate of drug-likeness (QED) is 0.359. The summed E-state index contributed by atoms with van der Waals surface area (Å²) in [7, 11) is 1.35. The Morgan fingerprint density at radius 3 is 2.29 bits per heavy atom. The Kier molecular flexibility index (Phi) is 9.26. The third-order valence-corrected chi connectivity index (χ3v) is 6.42. The van der Waals surface area contributed by atoms with Crippen LogP contribution in [0.15, 0.2) is 36.4 Å². The topological polar surface area (TPSA) is 126 Å². The average Bonchev–Trinajstić information content (AvgIpc) is 2.86. The number of carbonyl (C=O) groups is 2. The largest absolute Gasteiger partial charge is 0.490 e. The molecule has 1 aliphatic rings. The van der Waals surface area contributed by atoms with Gasteiger partial charge >= 0.3 is 17.9 Å². The van der Waals surface area contributed by atoms with Gasteiger partial charge in [-0.1, -0.05) is 23.7 Å². The van der Waals surface area contributed by atoms with Crippen molar-refractivity contribution in [1.29, 1.82) is 0 Å². The van der Waals surface area contributed by atoms with Crippen LogP contribution < -0.4 is 9.64 Å². The van der Waals surface area contributed by atoms with Crippen molar-refractivity contribution >= 4 is 35.2 Å². The molecule has 12 heteroatoms. The maximum atomic E-state index is 13.0. The van der Waals surface area contributed by atoms with Crippen molar-refractivity contribution in [2.75, 3.05) is 44.7 Å². The van der Waals surface area contributed by atoms with Gasteiger partial charge in [0.25, 0.3) is 0 Å². The second kappa shape index (κ2) is 12.2. The van der Waals surface area contributed by atoms with Crippen molar-refractivity contribution in [3.8, 4) is 5.75 Å². The van der Waals surface area contributed by atoms with Crippen molar-refractivity contribution in [2.24, 2.45) is 0 Å². The van der Waals surface area contributed by atoms with E-state index in [9.17, 15) is 19.7 Å². The number of hydrogen-bond acceptors (Lipinski definition) is 7. The lowest BCUT2D eigenvalue weighted by molar-refractivity contribution is -0.385. The molecule has 0 atom stereocenters. The third kappa shape index (κ3) is 7.64. The number of amides is 2. The van der Waals surface area contributed by atoms with E-state index in [0.29, 0.717) is 38.2 Å². The standard InChI is InChI=1S/C26H33ClN4O7/c1-26(2,3)38-25(34)30(10-9-19-15-23(37-4)22(31(35)36)16-21(19)27)17-18-5-7-20(8-6-18)28-11-13-29(14-12-28)24(32)33/h5-8,15-16H,9-14,17H2,1-4H3,(H,32,33). The van der Waals surface area contributed by atoms with Crippen LogP contribution in [0.1, 0.15) is 31.9 Å². The van der Waals surface area contributed by atoms with Crippen LogP contribution in [0.25, 0.3) is 0 Å². The van der Waals surface area contributed by atoms with Crippen LogP contribution in [0.4, 0.5) is 21.0 Å². The normalized spacial score (nSPS) is 13.7. The summed E-state index contributed by atoms with van der Waals surface area (Å²) in [5, 5.41) is 20.6. The van der Waals surface area contributed by atoms with Gasteiger partial charge < -0.3 is 29.3 Å². The Balaban J connectivity index is 1.73. The number of piperazine rings is 1. The van der Waals surface area contributed by atoms with Gasteiger partial charge in [0.2, 0.25) is 0 Å². The highest BCUT2D eigenvalue weighted by molar-refractivity contribution is 6.31. The smallest absolute Gasteiger partial charge is 0.410 e. The summed E-state index contributed by atoms with van der Waals surface area (Å²) in [6.45, 7) is 8.02. The number of nitro groups is 1. The number of halogens is 1. The first kappa shape index (κ1) is 28.8. The van der Waals surface area contributed by atoms with Gasteiger partial charge in [-0.2, -0.15) is 0 Å². The minimum Gasteiger partial charge on any atom is -0.490 e. The van der Waals surface area contributed by atoms with Gasteiger partial charge in [0.1, 0.15) is 5.60 Å². The molecule has 0 aromatic heterocycles. The van der Waals surface area contributed by atoms with Crippen molar-refractivity contribution in [1.82, 2.24) is 9.80 Å². The fourth-order valence-corrected chi connectivity index (χ4v) is 4.34. The molecule has 2 aromatic rings. The highest BCUT2D eigenvalue weighted by atomic mass is 35.5. The van der Waals surface area contributed by atoms with Crippen LogP contribution in [0.5, 0.6) is 5.75 Å². The summed E-state index contributed by atoms with van der Waals surface area (Å²) in [5.41, 5.74) is 1.56. The van der Waals surface area contributed by atoms with E-state index in [1.807, 2.05) is 24.3 Å². The second-order valence-electron chi connectivity index (χ2n) is 9.95. The number of benzene rings is 2. The molecule has 0 unspecified atom stereocenters. The molecule has 0 aliphatic carbocycles. The Morgan fingerprint density at radius 2 is 1.76 bits per heavy atom. The minimum atomic E-state index is -0.907. The summed E-state index contributed by atoms with van der Waals surface area (Å²) in [6, 6.07) is 10.5. The molecule has 1 heterocycles. The first-order valence-corrected chi connectivity index (χ1v) is 12.6. The predicted molar refractivity (Wildman–Crippen MR) is 143 cm³/mol. The molecule has 1 N–H and O–H groups in total. The van der Waals surface area contributed by atoms with E-state index >= 15 is 0 Å². The van der Waals surface area contributed by atoms with Crippen molar-refractivity contribution < 1.29 is 29.1 Å². The van der Waals surface area contributed by atoms with Gasteiger partial charge in [0.05, 0.1) is 17.1 Å². The number of methoxy groups -OCH3 is 1. The number of nitro benzene ring substituents is 1. The van der Waals surface area contributed by atoms with Crippen LogP contribution in [0.3, 0.4) is 0 Å². The Morgan fingerprint density at radius 1 is 1.13 bits per heavy atom. The lowest BCUT2D eigenvalue weighted by Gasteiger charge is -2.34. The number of anilines is 1. The molecule has 0 saturated carbocycles. The van der Waals surface area contributed by atoms with E-state index < -0.39 is 22.7 Å². The molecule has 0 spiro atoms. The number of hydrogen-bond donors (Lipinski definition) is 1. The maximum Gasteiger partial charge on any atom is 0.410 e. The van der Waals surface area contributed by atoms with Crippen LogP contribution in [0.2, 0.25) is 5.02 Å². The molecule has 1 fully saturated rings. The van der Waals surface area contributed by atoms with Gasteiger partial charge in [-0.05, 0) is 56.5 Å². The first-order chi connectivity index (χ1) is 17.9. The summed E-state index contributed by atoms with van der Waals surface area (Å²) in [5.74, 6) is 0.0954. The number of ether oxygens (including phenoxy) is 2. The number of rotatable bonds is 8. The van der Waals surface area contributed by atoms with Crippen LogP contribution in [-0.4, -0.2) is 77.5 Å². The zero-order valence-corrected chi connectivity index (χ0v) is 22.7. The summed E-state index contributed by atoms with van der Waals surface area (Å²) < 4.78 is 10.8. The second-order valence-corrected chi connectivity index (χ2v) is 10.4. The van der Waals surface area contributed by atoms with Crippen molar-refractivity contribution in [3.63, 3.8) is 0 Å². The highest BCUT2D eigenvalue weighted by Gasteiger charge is 2.25. The average molecular weight is 549 g/mol. The summed E-state index contributed by atoms with van der Waals surface area (Å²) >= 11 is 6.31. The number of nitrogens with zero attached hydrogens (tertiary/aromatic N) is 4. The first-order valence-electron chi connectivity index (χ1n) is 12.2.